The summed E-state index contributed by atoms with van der Waals surface area (Å²) in [6.07, 6.45) is 0. The average Bonchev–Trinajstić information content (AvgIpc) is 3.24. The highest BCUT2D eigenvalue weighted by atomic mass is 35.5. The lowest BCUT2D eigenvalue weighted by Crippen LogP contribution is -2.10. The second kappa shape index (κ2) is 6.58. The molecule has 0 radical (unpaired) electrons. The van der Waals surface area contributed by atoms with E-state index in [9.17, 15) is 0 Å². The van der Waals surface area contributed by atoms with Crippen LogP contribution in [-0.4, -0.2) is 35.0 Å². The molecule has 0 spiro atoms. The number of rotatable bonds is 4. The van der Waals surface area contributed by atoms with E-state index in [1.54, 1.807) is 12.1 Å². The summed E-state index contributed by atoms with van der Waals surface area (Å²) in [6.45, 7) is 0.329. The predicted molar refractivity (Wildman–Crippen MR) is 96.1 cm³/mol. The molecule has 0 fully saturated rings. The van der Waals surface area contributed by atoms with E-state index >= 15 is 0 Å². The fourth-order valence-corrected chi connectivity index (χ4v) is 2.81. The van der Waals surface area contributed by atoms with Gasteiger partial charge < -0.3 is 0 Å². The number of aromatic amines is 1. The fraction of sp³-hybridized carbons (Fsp3) is 0.0625. The molecular formula is C16H12ClN7S. The molecular weight excluding hydrogens is 358 g/mol. The first-order valence-electron chi connectivity index (χ1n) is 7.46. The van der Waals surface area contributed by atoms with Gasteiger partial charge in [0.25, 0.3) is 0 Å². The normalized spacial score (nSPS) is 10.9. The first-order valence-corrected chi connectivity index (χ1v) is 8.25. The molecule has 0 atom stereocenters. The first kappa shape index (κ1) is 15.7. The number of aromatic nitrogens is 7. The van der Waals surface area contributed by atoms with Crippen molar-refractivity contribution in [3.8, 4) is 17.1 Å². The molecule has 0 aliphatic heterocycles. The number of benzene rings is 2. The molecule has 7 nitrogen and oxygen atoms in total. The van der Waals surface area contributed by atoms with Gasteiger partial charge in [-0.1, -0.05) is 41.9 Å². The van der Waals surface area contributed by atoms with Crippen molar-refractivity contribution in [2.45, 2.75) is 6.54 Å². The molecule has 0 bridgehead atoms. The summed E-state index contributed by atoms with van der Waals surface area (Å²) in [7, 11) is 0. The van der Waals surface area contributed by atoms with Crippen LogP contribution in [0.15, 0.2) is 54.6 Å². The highest BCUT2D eigenvalue weighted by molar-refractivity contribution is 7.71. The lowest BCUT2D eigenvalue weighted by Gasteiger charge is -2.06. The van der Waals surface area contributed by atoms with E-state index < -0.39 is 0 Å². The zero-order valence-corrected chi connectivity index (χ0v) is 14.4. The van der Waals surface area contributed by atoms with E-state index in [4.69, 9.17) is 23.8 Å². The summed E-state index contributed by atoms with van der Waals surface area (Å²) in [5, 5.41) is 20.3. The molecule has 9 heteroatoms. The van der Waals surface area contributed by atoms with Gasteiger partial charge in [0.2, 0.25) is 5.82 Å². The van der Waals surface area contributed by atoms with Gasteiger partial charge in [-0.2, -0.15) is 9.90 Å². The van der Waals surface area contributed by atoms with Crippen LogP contribution in [0.2, 0.25) is 5.02 Å². The summed E-state index contributed by atoms with van der Waals surface area (Å²) in [4.78, 5) is 1.49. The number of tetrazole rings is 1. The van der Waals surface area contributed by atoms with Crippen molar-refractivity contribution in [2.24, 2.45) is 0 Å². The summed E-state index contributed by atoms with van der Waals surface area (Å²) >= 11 is 11.3. The van der Waals surface area contributed by atoms with Crippen LogP contribution in [0.3, 0.4) is 0 Å². The molecule has 0 aliphatic carbocycles. The topological polar surface area (TPSA) is 77.2 Å². The van der Waals surface area contributed by atoms with E-state index in [0.29, 0.717) is 28.0 Å². The Hall–Kier alpha value is -2.84. The third kappa shape index (κ3) is 3.21. The summed E-state index contributed by atoms with van der Waals surface area (Å²) < 4.78 is 2.30. The Balaban J connectivity index is 1.65. The van der Waals surface area contributed by atoms with Gasteiger partial charge in [0, 0.05) is 16.3 Å². The van der Waals surface area contributed by atoms with Crippen LogP contribution < -0.4 is 0 Å². The number of nitrogens with zero attached hydrogens (tertiary/aromatic N) is 6. The minimum absolute atomic E-state index is 0.329. The number of hydrogen-bond acceptors (Lipinski definition) is 5. The molecule has 4 aromatic rings. The van der Waals surface area contributed by atoms with Gasteiger partial charge in [-0.15, -0.1) is 10.2 Å². The summed E-state index contributed by atoms with van der Waals surface area (Å²) in [5.41, 5.74) is 1.77. The van der Waals surface area contributed by atoms with Gasteiger partial charge >= 0.3 is 0 Å². The van der Waals surface area contributed by atoms with Gasteiger partial charge in [-0.3, -0.25) is 9.67 Å². The lowest BCUT2D eigenvalue weighted by molar-refractivity contribution is 0.548. The van der Waals surface area contributed by atoms with Crippen LogP contribution in [-0.2, 0) is 6.54 Å². The van der Waals surface area contributed by atoms with Crippen molar-refractivity contribution in [1.29, 1.82) is 0 Å². The van der Waals surface area contributed by atoms with Crippen molar-refractivity contribution in [1.82, 2.24) is 35.0 Å². The second-order valence-corrected chi connectivity index (χ2v) is 6.09. The molecule has 2 aromatic heterocycles. The largest absolute Gasteiger partial charge is 0.271 e. The van der Waals surface area contributed by atoms with Crippen molar-refractivity contribution in [2.75, 3.05) is 0 Å². The molecule has 0 saturated carbocycles. The van der Waals surface area contributed by atoms with Gasteiger partial charge in [0.1, 0.15) is 6.54 Å². The molecule has 0 saturated heterocycles. The molecule has 2 heterocycles. The Bertz CT molecular complexity index is 1050. The molecule has 0 aliphatic rings. The van der Waals surface area contributed by atoms with E-state index in [0.717, 1.165) is 11.3 Å². The Morgan fingerprint density at radius 3 is 2.56 bits per heavy atom. The molecule has 1 N–H and O–H groups in total. The summed E-state index contributed by atoms with van der Waals surface area (Å²) in [5.74, 6) is 1.23. The van der Waals surface area contributed by atoms with Crippen molar-refractivity contribution in [3.05, 3.63) is 70.2 Å². The first-order chi connectivity index (χ1) is 12.2. The van der Waals surface area contributed by atoms with Crippen molar-refractivity contribution < 1.29 is 0 Å². The van der Waals surface area contributed by atoms with Crippen LogP contribution in [0.25, 0.3) is 17.1 Å². The van der Waals surface area contributed by atoms with Crippen LogP contribution in [0.5, 0.6) is 0 Å². The van der Waals surface area contributed by atoms with Crippen LogP contribution in [0.1, 0.15) is 5.82 Å². The Morgan fingerprint density at radius 1 is 1.04 bits per heavy atom. The van der Waals surface area contributed by atoms with Gasteiger partial charge in [-0.25, -0.2) is 0 Å². The maximum Gasteiger partial charge on any atom is 0.204 e. The van der Waals surface area contributed by atoms with Crippen LogP contribution in [0, 0.1) is 4.77 Å². The molecule has 2 aromatic carbocycles. The molecule has 124 valence electrons. The average molecular weight is 370 g/mol. The monoisotopic (exact) mass is 369 g/mol. The van der Waals surface area contributed by atoms with E-state index in [1.165, 1.54) is 4.80 Å². The van der Waals surface area contributed by atoms with Gasteiger partial charge in [0.05, 0.1) is 0 Å². The third-order valence-electron chi connectivity index (χ3n) is 3.59. The zero-order chi connectivity index (χ0) is 17.2. The van der Waals surface area contributed by atoms with Gasteiger partial charge in [0.15, 0.2) is 10.6 Å². The quantitative estimate of drug-likeness (QED) is 0.558. The van der Waals surface area contributed by atoms with E-state index in [1.807, 2.05) is 47.0 Å². The standard InChI is InChI=1S/C16H12ClN7S/c17-12-6-8-13(9-7-12)24-14(18-20-16(24)25)10-23-21-15(19-22-23)11-4-2-1-3-5-11/h1-9H,10H2,(H,20,25). The maximum absolute atomic E-state index is 5.95. The SMILES string of the molecule is S=c1[nH]nc(Cn2nnc(-c3ccccc3)n2)n1-c1ccc(Cl)cc1. The molecule has 0 unspecified atom stereocenters. The van der Waals surface area contributed by atoms with Crippen molar-refractivity contribution in [3.63, 3.8) is 0 Å². The Morgan fingerprint density at radius 2 is 1.80 bits per heavy atom. The minimum Gasteiger partial charge on any atom is -0.271 e. The Kier molecular flexibility index (Phi) is 4.12. The molecule has 0 amide bonds. The number of nitrogens with one attached hydrogen (secondary N) is 1. The number of H-pyrrole nitrogens is 1. The fourth-order valence-electron chi connectivity index (χ4n) is 2.43. The maximum atomic E-state index is 5.95. The highest BCUT2D eigenvalue weighted by Crippen LogP contribution is 2.16. The van der Waals surface area contributed by atoms with Crippen LogP contribution in [0.4, 0.5) is 0 Å². The Labute approximate surface area is 152 Å². The summed E-state index contributed by atoms with van der Waals surface area (Å²) in [6, 6.07) is 17.0. The van der Waals surface area contributed by atoms with E-state index in [2.05, 4.69) is 25.6 Å². The molecule has 25 heavy (non-hydrogen) atoms. The van der Waals surface area contributed by atoms with Gasteiger partial charge in [-0.05, 0) is 41.7 Å². The predicted octanol–water partition coefficient (Wildman–Crippen LogP) is 3.29. The van der Waals surface area contributed by atoms with Crippen LogP contribution >= 0.6 is 23.8 Å². The third-order valence-corrected chi connectivity index (χ3v) is 4.12. The second-order valence-electron chi connectivity index (χ2n) is 5.27. The van der Waals surface area contributed by atoms with E-state index in [-0.39, 0.29) is 0 Å². The molecule has 4 rings (SSSR count). The van der Waals surface area contributed by atoms with Crippen molar-refractivity contribution >= 4 is 23.8 Å². The number of hydrogen-bond donors (Lipinski definition) is 1. The zero-order valence-electron chi connectivity index (χ0n) is 12.9. The number of halogens is 1. The highest BCUT2D eigenvalue weighted by Gasteiger charge is 2.12. The lowest BCUT2D eigenvalue weighted by atomic mass is 10.2. The smallest absolute Gasteiger partial charge is 0.204 e. The minimum atomic E-state index is 0.329.